The van der Waals surface area contributed by atoms with Crippen LogP contribution in [0, 0.1) is 0 Å². The molecule has 2 rings (SSSR count). The molecule has 13 heavy (non-hydrogen) atoms. The van der Waals surface area contributed by atoms with Gasteiger partial charge in [-0.1, -0.05) is 18.2 Å². The van der Waals surface area contributed by atoms with E-state index in [-0.39, 0.29) is 11.7 Å². The van der Waals surface area contributed by atoms with Crippen molar-refractivity contribution in [1.82, 2.24) is 0 Å². The number of fused-ring (bicyclic) bond motifs is 1. The molecule has 1 N–H and O–H groups in total. The Balaban J connectivity index is 2.23. The zero-order chi connectivity index (χ0) is 9.26. The highest BCUT2D eigenvalue weighted by Gasteiger charge is 2.24. The van der Waals surface area contributed by atoms with Gasteiger partial charge in [-0.15, -0.1) is 0 Å². The first-order chi connectivity index (χ1) is 6.27. The van der Waals surface area contributed by atoms with Gasteiger partial charge in [-0.25, -0.2) is 4.21 Å². The molecule has 1 aromatic carbocycles. The predicted octanol–water partition coefficient (Wildman–Crippen LogP) is 1.38. The van der Waals surface area contributed by atoms with Gasteiger partial charge in [0.05, 0.1) is 12.4 Å². The summed E-state index contributed by atoms with van der Waals surface area (Å²) in [6.45, 7) is 0.519. The van der Waals surface area contributed by atoms with Crippen molar-refractivity contribution in [3.8, 4) is 5.75 Å². The Morgan fingerprint density at radius 3 is 3.08 bits per heavy atom. The topological polar surface area (TPSA) is 46.5 Å². The van der Waals surface area contributed by atoms with Crippen LogP contribution in [-0.4, -0.2) is 21.1 Å². The number of rotatable bonds is 2. The van der Waals surface area contributed by atoms with E-state index in [2.05, 4.69) is 0 Å². The molecule has 0 fully saturated rings. The van der Waals surface area contributed by atoms with Gasteiger partial charge >= 0.3 is 0 Å². The van der Waals surface area contributed by atoms with Gasteiger partial charge in [0.1, 0.15) is 5.75 Å². The molecule has 0 aliphatic carbocycles. The normalized spacial score (nSPS) is 22.1. The van der Waals surface area contributed by atoms with E-state index in [1.165, 1.54) is 0 Å². The summed E-state index contributed by atoms with van der Waals surface area (Å²) in [5.74, 6) is 1.18. The van der Waals surface area contributed by atoms with Gasteiger partial charge < -0.3 is 9.29 Å². The molecule has 1 aliphatic rings. The molecular weight excluding hydrogens is 188 g/mol. The molecule has 1 aromatic rings. The van der Waals surface area contributed by atoms with Crippen LogP contribution in [0.1, 0.15) is 11.5 Å². The van der Waals surface area contributed by atoms with E-state index in [0.29, 0.717) is 6.61 Å². The molecule has 0 saturated heterocycles. The van der Waals surface area contributed by atoms with Gasteiger partial charge in [0.2, 0.25) is 0 Å². The second-order valence-electron chi connectivity index (χ2n) is 3.03. The standard InChI is InChI=1S/C9H10O3S/c10-13(11)6-7-5-12-9-4-2-1-3-8(7)9/h1-4,7H,5-6H2,(H,10,11). The summed E-state index contributed by atoms with van der Waals surface area (Å²) in [5.41, 5.74) is 1.05. The van der Waals surface area contributed by atoms with E-state index in [1.807, 2.05) is 24.3 Å². The maximum atomic E-state index is 10.6. The number of ether oxygens (including phenoxy) is 1. The van der Waals surface area contributed by atoms with Crippen molar-refractivity contribution in [3.05, 3.63) is 29.8 Å². The van der Waals surface area contributed by atoms with Crippen LogP contribution in [0.4, 0.5) is 0 Å². The number of para-hydroxylation sites is 1. The van der Waals surface area contributed by atoms with Crippen molar-refractivity contribution in [2.24, 2.45) is 0 Å². The molecule has 0 radical (unpaired) electrons. The lowest BCUT2D eigenvalue weighted by Gasteiger charge is -2.03. The number of hydrogen-bond acceptors (Lipinski definition) is 2. The van der Waals surface area contributed by atoms with Gasteiger partial charge in [0.25, 0.3) is 0 Å². The Morgan fingerprint density at radius 2 is 2.31 bits per heavy atom. The first kappa shape index (κ1) is 8.72. The molecule has 3 nitrogen and oxygen atoms in total. The van der Waals surface area contributed by atoms with Crippen molar-refractivity contribution in [2.45, 2.75) is 5.92 Å². The zero-order valence-corrected chi connectivity index (χ0v) is 7.79. The largest absolute Gasteiger partial charge is 0.493 e. The molecule has 4 heteroatoms. The molecule has 0 bridgehead atoms. The fourth-order valence-corrected chi connectivity index (χ4v) is 2.16. The van der Waals surface area contributed by atoms with Crippen molar-refractivity contribution in [2.75, 3.05) is 12.4 Å². The van der Waals surface area contributed by atoms with Crippen molar-refractivity contribution in [1.29, 1.82) is 0 Å². The fraction of sp³-hybridized carbons (Fsp3) is 0.333. The van der Waals surface area contributed by atoms with Gasteiger partial charge in [0.15, 0.2) is 11.1 Å². The molecule has 2 atom stereocenters. The third-order valence-corrected chi connectivity index (χ3v) is 2.83. The molecule has 1 aliphatic heterocycles. The summed E-state index contributed by atoms with van der Waals surface area (Å²) >= 11 is -1.74. The lowest BCUT2D eigenvalue weighted by atomic mass is 10.0. The fourth-order valence-electron chi connectivity index (χ4n) is 1.54. The van der Waals surface area contributed by atoms with Crippen LogP contribution in [-0.2, 0) is 11.1 Å². The minimum absolute atomic E-state index is 0.0713. The summed E-state index contributed by atoms with van der Waals surface area (Å²) in [7, 11) is 0. The smallest absolute Gasteiger partial charge is 0.153 e. The maximum Gasteiger partial charge on any atom is 0.153 e. The average molecular weight is 198 g/mol. The van der Waals surface area contributed by atoms with Crippen LogP contribution in [0.25, 0.3) is 0 Å². The summed E-state index contributed by atoms with van der Waals surface area (Å²) in [4.78, 5) is 0. The van der Waals surface area contributed by atoms with Crippen LogP contribution < -0.4 is 4.74 Å². The first-order valence-corrected chi connectivity index (χ1v) is 5.34. The van der Waals surface area contributed by atoms with Crippen LogP contribution in [0.2, 0.25) is 0 Å². The first-order valence-electron chi connectivity index (χ1n) is 4.06. The Labute approximate surface area is 79.0 Å². The molecule has 0 amide bonds. The monoisotopic (exact) mass is 198 g/mol. The third-order valence-electron chi connectivity index (χ3n) is 2.14. The molecule has 2 unspecified atom stereocenters. The quantitative estimate of drug-likeness (QED) is 0.730. The summed E-state index contributed by atoms with van der Waals surface area (Å²) < 4.78 is 24.7. The van der Waals surface area contributed by atoms with E-state index in [0.717, 1.165) is 11.3 Å². The second kappa shape index (κ2) is 3.47. The minimum Gasteiger partial charge on any atom is -0.493 e. The van der Waals surface area contributed by atoms with E-state index in [4.69, 9.17) is 9.29 Å². The second-order valence-corrected chi connectivity index (χ2v) is 4.01. The van der Waals surface area contributed by atoms with E-state index < -0.39 is 11.1 Å². The Kier molecular flexibility index (Phi) is 2.33. The molecule has 70 valence electrons. The van der Waals surface area contributed by atoms with E-state index >= 15 is 0 Å². The molecule has 1 heterocycles. The highest BCUT2D eigenvalue weighted by atomic mass is 32.2. The molecule has 0 saturated carbocycles. The Bertz CT molecular complexity index is 337. The SMILES string of the molecule is O=S(O)CC1COc2ccccc21. The molecule has 0 aromatic heterocycles. The third kappa shape index (κ3) is 1.73. The predicted molar refractivity (Wildman–Crippen MR) is 50.3 cm³/mol. The van der Waals surface area contributed by atoms with Crippen molar-refractivity contribution < 1.29 is 13.5 Å². The van der Waals surface area contributed by atoms with Crippen LogP contribution in [0.15, 0.2) is 24.3 Å². The van der Waals surface area contributed by atoms with Crippen LogP contribution in [0.5, 0.6) is 5.75 Å². The van der Waals surface area contributed by atoms with Crippen molar-refractivity contribution >= 4 is 11.1 Å². The van der Waals surface area contributed by atoms with Gasteiger partial charge in [-0.3, -0.25) is 0 Å². The highest BCUT2D eigenvalue weighted by Crippen LogP contribution is 2.33. The van der Waals surface area contributed by atoms with E-state index in [1.54, 1.807) is 0 Å². The lowest BCUT2D eigenvalue weighted by Crippen LogP contribution is -2.09. The average Bonchev–Trinajstić information content (AvgIpc) is 2.48. The summed E-state index contributed by atoms with van der Waals surface area (Å²) in [6, 6.07) is 7.65. The maximum absolute atomic E-state index is 10.6. The summed E-state index contributed by atoms with van der Waals surface area (Å²) in [5, 5.41) is 0. The van der Waals surface area contributed by atoms with Crippen LogP contribution in [0.3, 0.4) is 0 Å². The van der Waals surface area contributed by atoms with Gasteiger partial charge in [-0.05, 0) is 6.07 Å². The highest BCUT2D eigenvalue weighted by molar-refractivity contribution is 7.79. The lowest BCUT2D eigenvalue weighted by molar-refractivity contribution is 0.337. The van der Waals surface area contributed by atoms with Crippen LogP contribution >= 0.6 is 0 Å². The molecular formula is C9H10O3S. The van der Waals surface area contributed by atoms with Gasteiger partial charge in [-0.2, -0.15) is 0 Å². The van der Waals surface area contributed by atoms with E-state index in [9.17, 15) is 4.21 Å². The zero-order valence-electron chi connectivity index (χ0n) is 6.97. The van der Waals surface area contributed by atoms with Crippen molar-refractivity contribution in [3.63, 3.8) is 0 Å². The minimum atomic E-state index is -1.74. The summed E-state index contributed by atoms with van der Waals surface area (Å²) in [6.07, 6.45) is 0. The number of benzene rings is 1. The van der Waals surface area contributed by atoms with Gasteiger partial charge in [0, 0.05) is 11.5 Å². The molecule has 0 spiro atoms. The number of hydrogen-bond donors (Lipinski definition) is 1. The Morgan fingerprint density at radius 1 is 1.54 bits per heavy atom. The Hall–Kier alpha value is -0.870.